The zero-order valence-electron chi connectivity index (χ0n) is 21.7. The predicted molar refractivity (Wildman–Crippen MR) is 146 cm³/mol. The van der Waals surface area contributed by atoms with Crippen LogP contribution in [0.4, 0.5) is 5.82 Å². The molecule has 0 spiro atoms. The number of aromatic nitrogens is 2. The van der Waals surface area contributed by atoms with E-state index in [-0.39, 0.29) is 12.2 Å². The number of aliphatic hydroxyl groups excluding tert-OH is 2. The quantitative estimate of drug-likeness (QED) is 0.297. The second-order valence-electron chi connectivity index (χ2n) is 9.42. The van der Waals surface area contributed by atoms with E-state index in [1.165, 1.54) is 16.8 Å². The lowest BCUT2D eigenvalue weighted by Gasteiger charge is -2.50. The number of anilines is 1. The van der Waals surface area contributed by atoms with Crippen LogP contribution in [0.2, 0.25) is 0 Å². The van der Waals surface area contributed by atoms with Crippen LogP contribution < -0.4 is 20.9 Å². The SMILES string of the molecule is COc1cccc(C(c2ccccc2)(c2ccccc2)[C@]2(n3ccc(N)nc3=O)C[C@H](O)[C@@H](CO)O2)c1OC. The first-order valence-electron chi connectivity index (χ1n) is 12.6. The van der Waals surface area contributed by atoms with Crippen molar-refractivity contribution in [3.8, 4) is 11.5 Å². The number of nitrogens with zero attached hydrogens (tertiary/aromatic N) is 2. The van der Waals surface area contributed by atoms with Crippen LogP contribution >= 0.6 is 0 Å². The molecule has 1 saturated heterocycles. The first-order valence-corrected chi connectivity index (χ1v) is 12.6. The monoisotopic (exact) mass is 529 g/mol. The van der Waals surface area contributed by atoms with Crippen LogP contribution in [0.3, 0.4) is 0 Å². The minimum Gasteiger partial charge on any atom is -0.493 e. The maximum Gasteiger partial charge on any atom is 0.351 e. The Bertz CT molecular complexity index is 1450. The molecule has 1 aromatic heterocycles. The fourth-order valence-electron chi connectivity index (χ4n) is 5.92. The average molecular weight is 530 g/mol. The Balaban J connectivity index is 2.04. The molecule has 0 saturated carbocycles. The molecule has 39 heavy (non-hydrogen) atoms. The Morgan fingerprint density at radius 3 is 2.15 bits per heavy atom. The van der Waals surface area contributed by atoms with Gasteiger partial charge in [-0.2, -0.15) is 4.98 Å². The molecule has 1 fully saturated rings. The van der Waals surface area contributed by atoms with E-state index in [4.69, 9.17) is 19.9 Å². The minimum atomic E-state index is -1.64. The van der Waals surface area contributed by atoms with Crippen molar-refractivity contribution in [2.24, 2.45) is 0 Å². The predicted octanol–water partition coefficient (Wildman–Crippen LogP) is 2.67. The van der Waals surface area contributed by atoms with Gasteiger partial charge in [0.05, 0.1) is 32.3 Å². The van der Waals surface area contributed by atoms with E-state index in [1.54, 1.807) is 20.3 Å². The van der Waals surface area contributed by atoms with Gasteiger partial charge in [0.25, 0.3) is 0 Å². The summed E-state index contributed by atoms with van der Waals surface area (Å²) in [7, 11) is 3.10. The number of benzene rings is 3. The van der Waals surface area contributed by atoms with Crippen LogP contribution in [0.25, 0.3) is 0 Å². The highest BCUT2D eigenvalue weighted by molar-refractivity contribution is 5.61. The summed E-state index contributed by atoms with van der Waals surface area (Å²) in [4.78, 5) is 17.7. The van der Waals surface area contributed by atoms with E-state index in [0.29, 0.717) is 17.1 Å². The van der Waals surface area contributed by atoms with E-state index in [0.717, 1.165) is 11.1 Å². The van der Waals surface area contributed by atoms with Crippen LogP contribution in [-0.4, -0.2) is 52.8 Å². The summed E-state index contributed by atoms with van der Waals surface area (Å²) in [6.07, 6.45) is -0.640. The summed E-state index contributed by atoms with van der Waals surface area (Å²) in [5, 5.41) is 21.5. The maximum atomic E-state index is 13.6. The third-order valence-electron chi connectivity index (χ3n) is 7.46. The number of para-hydroxylation sites is 1. The van der Waals surface area contributed by atoms with Crippen LogP contribution in [0.1, 0.15) is 23.1 Å². The van der Waals surface area contributed by atoms with Crippen LogP contribution in [-0.2, 0) is 15.9 Å². The molecule has 4 N–H and O–H groups in total. The largest absolute Gasteiger partial charge is 0.493 e. The molecule has 2 heterocycles. The van der Waals surface area contributed by atoms with Crippen molar-refractivity contribution in [2.45, 2.75) is 29.8 Å². The zero-order chi connectivity index (χ0) is 27.6. The third-order valence-corrected chi connectivity index (χ3v) is 7.46. The van der Waals surface area contributed by atoms with E-state index in [1.807, 2.05) is 72.8 Å². The van der Waals surface area contributed by atoms with Gasteiger partial charge in [-0.15, -0.1) is 0 Å². The number of hydrogen-bond donors (Lipinski definition) is 3. The molecular weight excluding hydrogens is 498 g/mol. The molecule has 9 heteroatoms. The Hall–Kier alpha value is -4.18. The summed E-state index contributed by atoms with van der Waals surface area (Å²) < 4.78 is 19.7. The topological polar surface area (TPSA) is 129 Å². The van der Waals surface area contributed by atoms with Crippen molar-refractivity contribution < 1.29 is 24.4 Å². The van der Waals surface area contributed by atoms with Gasteiger partial charge >= 0.3 is 5.69 Å². The number of rotatable bonds is 8. The highest BCUT2D eigenvalue weighted by Gasteiger charge is 2.64. The lowest BCUT2D eigenvalue weighted by Crippen LogP contribution is -2.58. The van der Waals surface area contributed by atoms with E-state index in [9.17, 15) is 15.0 Å². The van der Waals surface area contributed by atoms with Gasteiger partial charge in [0.2, 0.25) is 0 Å². The van der Waals surface area contributed by atoms with Gasteiger partial charge in [-0.05, 0) is 23.3 Å². The van der Waals surface area contributed by atoms with Crippen molar-refractivity contribution in [2.75, 3.05) is 26.6 Å². The third kappa shape index (κ3) is 4.06. The normalized spacial score (nSPS) is 21.0. The van der Waals surface area contributed by atoms with Crippen LogP contribution in [0.15, 0.2) is 95.9 Å². The van der Waals surface area contributed by atoms with Gasteiger partial charge in [0.15, 0.2) is 17.2 Å². The van der Waals surface area contributed by atoms with Crippen molar-refractivity contribution in [3.63, 3.8) is 0 Å². The van der Waals surface area contributed by atoms with Crippen molar-refractivity contribution >= 4 is 5.82 Å². The standard InChI is InChI=1S/C30H31N3O6/c1-37-24-15-9-14-22(27(24)38-2)30(20-10-5-3-6-11-20,21-12-7-4-8-13-21)29(18-23(35)25(19-34)39-29)33-17-16-26(31)32-28(33)36/h3-17,23,25,34-35H,18-19H2,1-2H3,(H2,31,32,36)/t23-,25+,29-/m0/s1. The summed E-state index contributed by atoms with van der Waals surface area (Å²) in [5.41, 5.74) is 4.36. The summed E-state index contributed by atoms with van der Waals surface area (Å²) in [6.45, 7) is -0.463. The fourth-order valence-corrected chi connectivity index (χ4v) is 5.92. The molecule has 0 amide bonds. The molecule has 1 aliphatic heterocycles. The molecule has 4 aromatic rings. The number of methoxy groups -OCH3 is 2. The number of hydrogen-bond acceptors (Lipinski definition) is 8. The molecule has 0 unspecified atom stereocenters. The van der Waals surface area contributed by atoms with Crippen LogP contribution in [0, 0.1) is 0 Å². The molecule has 0 radical (unpaired) electrons. The van der Waals surface area contributed by atoms with Gasteiger partial charge < -0.3 is 30.2 Å². The second kappa shape index (κ2) is 10.5. The number of aliphatic hydroxyl groups is 2. The van der Waals surface area contributed by atoms with Crippen molar-refractivity contribution in [3.05, 3.63) is 118 Å². The number of nitrogen functional groups attached to an aromatic ring is 1. The lowest BCUT2D eigenvalue weighted by molar-refractivity contribution is -0.147. The van der Waals surface area contributed by atoms with E-state index >= 15 is 0 Å². The number of nitrogens with two attached hydrogens (primary N) is 1. The molecule has 202 valence electrons. The van der Waals surface area contributed by atoms with Gasteiger partial charge in [-0.25, -0.2) is 4.79 Å². The molecule has 0 aliphatic carbocycles. The Morgan fingerprint density at radius 1 is 1.00 bits per heavy atom. The van der Waals surface area contributed by atoms with Gasteiger partial charge in [-0.1, -0.05) is 72.8 Å². The molecule has 1 aliphatic rings. The Kier molecular flexibility index (Phi) is 7.14. The highest BCUT2D eigenvalue weighted by atomic mass is 16.6. The van der Waals surface area contributed by atoms with Gasteiger partial charge in [0, 0.05) is 18.2 Å². The van der Waals surface area contributed by atoms with Crippen LogP contribution in [0.5, 0.6) is 11.5 Å². The zero-order valence-corrected chi connectivity index (χ0v) is 21.7. The van der Waals surface area contributed by atoms with E-state index < -0.39 is 35.6 Å². The second-order valence-corrected chi connectivity index (χ2v) is 9.42. The minimum absolute atomic E-state index is 0.0487. The Morgan fingerprint density at radius 2 is 1.64 bits per heavy atom. The molecule has 0 bridgehead atoms. The first-order chi connectivity index (χ1) is 18.9. The van der Waals surface area contributed by atoms with Crippen molar-refractivity contribution in [1.29, 1.82) is 0 Å². The van der Waals surface area contributed by atoms with Crippen molar-refractivity contribution in [1.82, 2.24) is 9.55 Å². The number of ether oxygens (including phenoxy) is 3. The summed E-state index contributed by atoms with van der Waals surface area (Å²) in [6, 6.07) is 26.1. The van der Waals surface area contributed by atoms with Gasteiger partial charge in [0.1, 0.15) is 11.9 Å². The van der Waals surface area contributed by atoms with Gasteiger partial charge in [-0.3, -0.25) is 4.57 Å². The molecule has 3 atom stereocenters. The molecule has 3 aromatic carbocycles. The summed E-state index contributed by atoms with van der Waals surface area (Å²) >= 11 is 0. The smallest absolute Gasteiger partial charge is 0.351 e. The average Bonchev–Trinajstić information content (AvgIpc) is 3.31. The maximum absolute atomic E-state index is 13.6. The highest BCUT2D eigenvalue weighted by Crippen LogP contribution is 2.59. The fraction of sp³-hybridized carbons (Fsp3) is 0.267. The molecule has 9 nitrogen and oxygen atoms in total. The molecule has 5 rings (SSSR count). The molecular formula is C30H31N3O6. The first kappa shape index (κ1) is 26.4. The summed E-state index contributed by atoms with van der Waals surface area (Å²) in [5.74, 6) is 0.947. The lowest BCUT2D eigenvalue weighted by atomic mass is 9.61. The Labute approximate surface area is 226 Å². The van der Waals surface area contributed by atoms with E-state index in [2.05, 4.69) is 4.98 Å².